The minimum atomic E-state index is -1.35. The van der Waals surface area contributed by atoms with Crippen LogP contribution < -0.4 is 10.6 Å². The van der Waals surface area contributed by atoms with Crippen molar-refractivity contribution in [2.45, 2.75) is 38.9 Å². The smallest absolute Gasteiger partial charge is 0.262 e. The van der Waals surface area contributed by atoms with Gasteiger partial charge in [0.2, 0.25) is 11.8 Å². The zero-order valence-corrected chi connectivity index (χ0v) is 17.7. The summed E-state index contributed by atoms with van der Waals surface area (Å²) < 4.78 is 14.0. The molecule has 0 fully saturated rings. The van der Waals surface area contributed by atoms with E-state index in [1.807, 2.05) is 0 Å². The first kappa shape index (κ1) is 22.4. The minimum Gasteiger partial charge on any atom is -0.352 e. The van der Waals surface area contributed by atoms with Crippen LogP contribution in [-0.4, -0.2) is 40.6 Å². The first-order chi connectivity index (χ1) is 14.7. The minimum absolute atomic E-state index is 0.0769. The Morgan fingerprint density at radius 3 is 2.23 bits per heavy atom. The highest BCUT2D eigenvalue weighted by atomic mass is 35.5. The third-order valence-electron chi connectivity index (χ3n) is 4.76. The lowest BCUT2D eigenvalue weighted by Gasteiger charge is -2.26. The molecule has 1 atom stereocenters. The van der Waals surface area contributed by atoms with Crippen molar-refractivity contribution in [1.29, 1.82) is 0 Å². The number of carbonyl (C=O) groups is 4. The van der Waals surface area contributed by atoms with Gasteiger partial charge in [0, 0.05) is 18.2 Å². The van der Waals surface area contributed by atoms with E-state index in [1.165, 1.54) is 24.3 Å². The van der Waals surface area contributed by atoms with Crippen molar-refractivity contribution < 1.29 is 23.6 Å². The second kappa shape index (κ2) is 9.26. The summed E-state index contributed by atoms with van der Waals surface area (Å²) in [7, 11) is 0. The summed E-state index contributed by atoms with van der Waals surface area (Å²) in [5.41, 5.74) is 0.525. The van der Waals surface area contributed by atoms with Gasteiger partial charge in [-0.3, -0.25) is 24.1 Å². The van der Waals surface area contributed by atoms with Crippen molar-refractivity contribution in [2.24, 2.45) is 0 Å². The Morgan fingerprint density at radius 1 is 1.03 bits per heavy atom. The molecule has 4 amide bonds. The molecular formula is C22H21ClFN3O4. The molecule has 2 N–H and O–H groups in total. The number of hydrogen-bond donors (Lipinski definition) is 2. The van der Waals surface area contributed by atoms with E-state index in [1.54, 1.807) is 32.0 Å². The van der Waals surface area contributed by atoms with Crippen LogP contribution in [0.1, 0.15) is 46.5 Å². The Labute approximate surface area is 183 Å². The molecule has 7 nitrogen and oxygen atoms in total. The summed E-state index contributed by atoms with van der Waals surface area (Å²) in [6.07, 6.45) is -0.466. The topological polar surface area (TPSA) is 95.6 Å². The first-order valence-corrected chi connectivity index (χ1v) is 10.1. The molecule has 1 unspecified atom stereocenters. The molecule has 1 aliphatic heterocycles. The molecular weight excluding hydrogens is 425 g/mol. The molecule has 0 aliphatic carbocycles. The first-order valence-electron chi connectivity index (χ1n) is 9.67. The lowest BCUT2D eigenvalue weighted by molar-refractivity contribution is -0.130. The maximum absolute atomic E-state index is 14.0. The van der Waals surface area contributed by atoms with Gasteiger partial charge < -0.3 is 10.6 Å². The molecule has 2 aromatic rings. The quantitative estimate of drug-likeness (QED) is 0.640. The molecule has 0 bridgehead atoms. The van der Waals surface area contributed by atoms with E-state index in [4.69, 9.17) is 11.6 Å². The van der Waals surface area contributed by atoms with Gasteiger partial charge in [-0.1, -0.05) is 35.9 Å². The van der Waals surface area contributed by atoms with Crippen LogP contribution in [0.15, 0.2) is 42.5 Å². The lowest BCUT2D eigenvalue weighted by atomic mass is 10.1. The molecule has 0 radical (unpaired) electrons. The number of benzene rings is 2. The zero-order chi connectivity index (χ0) is 22.7. The van der Waals surface area contributed by atoms with Gasteiger partial charge in [-0.2, -0.15) is 0 Å². The predicted molar refractivity (Wildman–Crippen MR) is 112 cm³/mol. The molecule has 162 valence electrons. The summed E-state index contributed by atoms with van der Waals surface area (Å²) in [5, 5.41) is 5.08. The fourth-order valence-electron chi connectivity index (χ4n) is 3.30. The average molecular weight is 446 g/mol. The third kappa shape index (κ3) is 4.74. The Morgan fingerprint density at radius 2 is 1.65 bits per heavy atom. The van der Waals surface area contributed by atoms with E-state index in [-0.39, 0.29) is 34.3 Å². The molecule has 3 rings (SSSR count). The van der Waals surface area contributed by atoms with Crippen LogP contribution >= 0.6 is 11.6 Å². The van der Waals surface area contributed by atoms with E-state index >= 15 is 0 Å². The van der Waals surface area contributed by atoms with Crippen LogP contribution in [0.4, 0.5) is 4.39 Å². The molecule has 0 spiro atoms. The Bertz CT molecular complexity index is 1020. The molecule has 9 heteroatoms. The fraction of sp³-hybridized carbons (Fsp3) is 0.273. The maximum atomic E-state index is 14.0. The van der Waals surface area contributed by atoms with Crippen molar-refractivity contribution in [3.8, 4) is 0 Å². The Hall–Kier alpha value is -3.26. The normalized spacial score (nSPS) is 13.9. The summed E-state index contributed by atoms with van der Waals surface area (Å²) >= 11 is 5.74. The summed E-state index contributed by atoms with van der Waals surface area (Å²) in [5.74, 6) is -3.19. The maximum Gasteiger partial charge on any atom is 0.262 e. The van der Waals surface area contributed by atoms with Crippen molar-refractivity contribution in [3.05, 3.63) is 70.0 Å². The number of rotatable bonds is 7. The van der Waals surface area contributed by atoms with Gasteiger partial charge >= 0.3 is 0 Å². The molecule has 0 aromatic heterocycles. The van der Waals surface area contributed by atoms with E-state index < -0.39 is 41.9 Å². The van der Waals surface area contributed by atoms with Crippen LogP contribution in [0.25, 0.3) is 0 Å². The molecule has 2 aromatic carbocycles. The SMILES string of the molecule is CC(C)NC(=O)C(CC(=O)NCc1cccc(Cl)c1F)N1C(=O)c2ccccc2C1=O. The van der Waals surface area contributed by atoms with E-state index in [9.17, 15) is 23.6 Å². The van der Waals surface area contributed by atoms with Crippen LogP contribution in [0, 0.1) is 5.82 Å². The van der Waals surface area contributed by atoms with Crippen molar-refractivity contribution in [2.75, 3.05) is 0 Å². The van der Waals surface area contributed by atoms with Crippen molar-refractivity contribution in [3.63, 3.8) is 0 Å². The number of halogens is 2. The summed E-state index contributed by atoms with van der Waals surface area (Å²) in [6.45, 7) is 3.28. The van der Waals surface area contributed by atoms with Crippen LogP contribution in [-0.2, 0) is 16.1 Å². The van der Waals surface area contributed by atoms with E-state index in [0.717, 1.165) is 4.90 Å². The van der Waals surface area contributed by atoms with Gasteiger partial charge in [-0.15, -0.1) is 0 Å². The summed E-state index contributed by atoms with van der Waals surface area (Å²) in [6, 6.07) is 9.00. The highest BCUT2D eigenvalue weighted by molar-refractivity contribution is 6.30. The zero-order valence-electron chi connectivity index (χ0n) is 16.9. The molecule has 1 aliphatic rings. The number of imide groups is 1. The van der Waals surface area contributed by atoms with Crippen LogP contribution in [0.2, 0.25) is 5.02 Å². The largest absolute Gasteiger partial charge is 0.352 e. The Balaban J connectivity index is 1.79. The highest BCUT2D eigenvalue weighted by Gasteiger charge is 2.43. The number of nitrogens with one attached hydrogen (secondary N) is 2. The summed E-state index contributed by atoms with van der Waals surface area (Å²) in [4.78, 5) is 51.8. The number of nitrogens with zero attached hydrogens (tertiary/aromatic N) is 1. The van der Waals surface area contributed by atoms with Gasteiger partial charge in [0.05, 0.1) is 22.6 Å². The van der Waals surface area contributed by atoms with Gasteiger partial charge in [0.15, 0.2) is 0 Å². The van der Waals surface area contributed by atoms with Crippen molar-refractivity contribution in [1.82, 2.24) is 15.5 Å². The number of carbonyl (C=O) groups excluding carboxylic acids is 4. The molecule has 0 saturated heterocycles. The number of hydrogen-bond acceptors (Lipinski definition) is 4. The van der Waals surface area contributed by atoms with Gasteiger partial charge in [-0.05, 0) is 32.0 Å². The number of amides is 4. The average Bonchev–Trinajstić information content (AvgIpc) is 2.97. The van der Waals surface area contributed by atoms with Crippen LogP contribution in [0.3, 0.4) is 0 Å². The predicted octanol–water partition coefficient (Wildman–Crippen LogP) is 2.67. The van der Waals surface area contributed by atoms with Gasteiger partial charge in [0.25, 0.3) is 11.8 Å². The fourth-order valence-corrected chi connectivity index (χ4v) is 3.49. The van der Waals surface area contributed by atoms with E-state index in [0.29, 0.717) is 0 Å². The standard InChI is InChI=1S/C22H21ClFN3O4/c1-12(2)26-20(29)17(27-21(30)14-7-3-4-8-15(14)22(27)31)10-18(28)25-11-13-6-5-9-16(23)19(13)24/h3-9,12,17H,10-11H2,1-2H3,(H,25,28)(H,26,29). The highest BCUT2D eigenvalue weighted by Crippen LogP contribution is 2.26. The van der Waals surface area contributed by atoms with Gasteiger partial charge in [-0.25, -0.2) is 4.39 Å². The molecule has 31 heavy (non-hydrogen) atoms. The van der Waals surface area contributed by atoms with Crippen molar-refractivity contribution >= 4 is 35.2 Å². The Kier molecular flexibility index (Phi) is 6.70. The number of fused-ring (bicyclic) bond motifs is 1. The second-order valence-corrected chi connectivity index (χ2v) is 7.81. The van der Waals surface area contributed by atoms with Gasteiger partial charge in [0.1, 0.15) is 11.9 Å². The monoisotopic (exact) mass is 445 g/mol. The van der Waals surface area contributed by atoms with Crippen LogP contribution in [0.5, 0.6) is 0 Å². The molecule has 0 saturated carbocycles. The second-order valence-electron chi connectivity index (χ2n) is 7.40. The third-order valence-corrected chi connectivity index (χ3v) is 5.05. The lowest BCUT2D eigenvalue weighted by Crippen LogP contribution is -2.52. The molecule has 1 heterocycles. The van der Waals surface area contributed by atoms with E-state index in [2.05, 4.69) is 10.6 Å².